The molecule has 0 unspecified atom stereocenters. The lowest BCUT2D eigenvalue weighted by Gasteiger charge is -2.23. The van der Waals surface area contributed by atoms with Crippen molar-refractivity contribution >= 4 is 23.3 Å². The van der Waals surface area contributed by atoms with E-state index in [1.807, 2.05) is 31.2 Å². The Balaban J connectivity index is 1.51. The van der Waals surface area contributed by atoms with Gasteiger partial charge in [-0.05, 0) is 65.9 Å². The van der Waals surface area contributed by atoms with E-state index < -0.39 is 23.8 Å². The van der Waals surface area contributed by atoms with Crippen molar-refractivity contribution in [1.82, 2.24) is 4.90 Å². The van der Waals surface area contributed by atoms with Crippen LogP contribution < -0.4 is 15.4 Å². The summed E-state index contributed by atoms with van der Waals surface area (Å²) >= 11 is 0. The second kappa shape index (κ2) is 10.8. The first-order valence-electron chi connectivity index (χ1n) is 11.9. The summed E-state index contributed by atoms with van der Waals surface area (Å²) in [6.45, 7) is 6.23. The van der Waals surface area contributed by atoms with Gasteiger partial charge in [0.05, 0.1) is 0 Å². The highest BCUT2D eigenvalue weighted by molar-refractivity contribution is 5.99. The number of nitrogens with zero attached hydrogens (tertiary/aromatic N) is 1. The first-order valence-corrected chi connectivity index (χ1v) is 11.9. The lowest BCUT2D eigenvalue weighted by molar-refractivity contribution is -0.139. The highest BCUT2D eigenvalue weighted by Crippen LogP contribution is 2.30. The Morgan fingerprint density at radius 1 is 1.00 bits per heavy atom. The quantitative estimate of drug-likeness (QED) is 0.416. The molecule has 188 valence electrons. The number of nitrogens with one attached hydrogen (secondary N) is 2. The first kappa shape index (κ1) is 25.2. The Morgan fingerprint density at radius 3 is 2.28 bits per heavy atom. The van der Waals surface area contributed by atoms with E-state index in [0.29, 0.717) is 40.6 Å². The van der Waals surface area contributed by atoms with Crippen LogP contribution in [0.3, 0.4) is 0 Å². The maximum absolute atomic E-state index is 13.7. The van der Waals surface area contributed by atoms with Crippen molar-refractivity contribution in [3.8, 4) is 5.75 Å². The molecule has 0 saturated heterocycles. The van der Waals surface area contributed by atoms with E-state index in [0.717, 1.165) is 6.07 Å². The molecule has 0 spiro atoms. The monoisotopic (exact) mass is 493 g/mol. The summed E-state index contributed by atoms with van der Waals surface area (Å²) in [4.78, 5) is 27.2. The van der Waals surface area contributed by atoms with E-state index >= 15 is 0 Å². The molecule has 1 heterocycles. The van der Waals surface area contributed by atoms with Gasteiger partial charge in [0.2, 0.25) is 0 Å². The summed E-state index contributed by atoms with van der Waals surface area (Å²) in [7, 11) is 0. The van der Waals surface area contributed by atoms with Crippen LogP contribution in [0.25, 0.3) is 0 Å². The molecule has 3 aromatic carbocycles. The fourth-order valence-corrected chi connectivity index (χ4v) is 4.15. The summed E-state index contributed by atoms with van der Waals surface area (Å²) in [5, 5.41) is 5.61. The highest BCUT2D eigenvalue weighted by Gasteiger charge is 2.30. The molecule has 8 heteroatoms. The minimum atomic E-state index is -0.722. The maximum Gasteiger partial charge on any atom is 0.323 e. The Bertz CT molecular complexity index is 1240. The molecule has 3 amide bonds. The second-order valence-electron chi connectivity index (χ2n) is 9.17. The molecule has 4 rings (SSSR count). The van der Waals surface area contributed by atoms with Crippen molar-refractivity contribution < 1.29 is 23.1 Å². The molecule has 0 aromatic heterocycles. The summed E-state index contributed by atoms with van der Waals surface area (Å²) in [6, 6.07) is 15.6. The normalized spacial score (nSPS) is 15.2. The van der Waals surface area contributed by atoms with Crippen LogP contribution in [-0.4, -0.2) is 22.9 Å². The fourth-order valence-electron chi connectivity index (χ4n) is 4.15. The molecule has 2 N–H and O–H groups in total. The van der Waals surface area contributed by atoms with E-state index in [-0.39, 0.29) is 19.0 Å². The number of rotatable bonds is 6. The highest BCUT2D eigenvalue weighted by atomic mass is 19.1. The van der Waals surface area contributed by atoms with Gasteiger partial charge in [0.25, 0.3) is 5.91 Å². The van der Waals surface area contributed by atoms with Crippen LogP contribution in [0.4, 0.5) is 25.0 Å². The molecule has 3 aromatic rings. The molecule has 0 aliphatic carbocycles. The average molecular weight is 494 g/mol. The van der Waals surface area contributed by atoms with Gasteiger partial charge in [-0.1, -0.05) is 32.9 Å². The minimum absolute atomic E-state index is 0.0251. The Morgan fingerprint density at radius 2 is 1.64 bits per heavy atom. The van der Waals surface area contributed by atoms with Gasteiger partial charge in [-0.2, -0.15) is 0 Å². The van der Waals surface area contributed by atoms with Crippen LogP contribution >= 0.6 is 0 Å². The third kappa shape index (κ3) is 6.00. The van der Waals surface area contributed by atoms with E-state index in [4.69, 9.17) is 4.74 Å². The Labute approximate surface area is 209 Å². The smallest absolute Gasteiger partial charge is 0.323 e. The van der Waals surface area contributed by atoms with Crippen molar-refractivity contribution in [3.63, 3.8) is 0 Å². The number of ether oxygens (including phenoxy) is 1. The van der Waals surface area contributed by atoms with Gasteiger partial charge in [-0.15, -0.1) is 0 Å². The number of hydrogen-bond acceptors (Lipinski definition) is 3. The third-order valence-electron chi connectivity index (χ3n) is 6.04. The van der Waals surface area contributed by atoms with Gasteiger partial charge >= 0.3 is 6.03 Å². The molecule has 6 nitrogen and oxygen atoms in total. The Hall–Kier alpha value is -3.94. The predicted molar refractivity (Wildman–Crippen MR) is 135 cm³/mol. The van der Waals surface area contributed by atoms with Gasteiger partial charge in [-0.3, -0.25) is 4.79 Å². The largest absolute Gasteiger partial charge is 0.480 e. The number of fused-ring (bicyclic) bond motifs is 1. The van der Waals surface area contributed by atoms with Crippen LogP contribution in [0, 0.1) is 11.6 Å². The molecule has 0 saturated carbocycles. The summed E-state index contributed by atoms with van der Waals surface area (Å²) in [6.07, 6.45) is -0.287. The number of hydrogen-bond donors (Lipinski definition) is 2. The van der Waals surface area contributed by atoms with Crippen molar-refractivity contribution in [2.45, 2.75) is 52.3 Å². The van der Waals surface area contributed by atoms with Crippen molar-refractivity contribution in [3.05, 3.63) is 89.0 Å². The molecule has 1 atom stereocenters. The number of carbonyl (C=O) groups is 2. The number of anilines is 2. The molecule has 36 heavy (non-hydrogen) atoms. The minimum Gasteiger partial charge on any atom is -0.480 e. The van der Waals surface area contributed by atoms with Crippen molar-refractivity contribution in [1.29, 1.82) is 0 Å². The standard InChI is InChI=1S/C28H29F2N3O3/c1-4-25-27(34)33(15-18-11-21(29)14-22(30)12-18)16-20-13-24(9-10-26(20)36-25)32-28(35)31-23-7-5-19(6-8-23)17(2)3/h5-14,17,25H,4,15-16H2,1-3H3,(H2,31,32,35)/t25-/m0/s1. The number of amides is 3. The molecule has 1 aliphatic heterocycles. The van der Waals surface area contributed by atoms with Crippen LogP contribution in [-0.2, 0) is 17.9 Å². The number of urea groups is 1. The zero-order chi connectivity index (χ0) is 25.8. The molecule has 0 fully saturated rings. The first-order chi connectivity index (χ1) is 17.2. The molecule has 0 radical (unpaired) electrons. The molecule has 1 aliphatic rings. The second-order valence-corrected chi connectivity index (χ2v) is 9.17. The Kier molecular flexibility index (Phi) is 7.52. The summed E-state index contributed by atoms with van der Waals surface area (Å²) in [5.41, 5.74) is 3.39. The molecular weight excluding hydrogens is 464 g/mol. The molecular formula is C28H29F2N3O3. The summed E-state index contributed by atoms with van der Waals surface area (Å²) < 4.78 is 33.4. The lowest BCUT2D eigenvalue weighted by Crippen LogP contribution is -2.38. The van der Waals surface area contributed by atoms with Crippen LogP contribution in [0.5, 0.6) is 5.75 Å². The number of halogens is 2. The van der Waals surface area contributed by atoms with Gasteiger partial charge in [0.15, 0.2) is 6.10 Å². The van der Waals surface area contributed by atoms with E-state index in [9.17, 15) is 18.4 Å². The van der Waals surface area contributed by atoms with Crippen LogP contribution in [0.2, 0.25) is 0 Å². The zero-order valence-corrected chi connectivity index (χ0v) is 20.5. The van der Waals surface area contributed by atoms with Crippen molar-refractivity contribution in [2.75, 3.05) is 10.6 Å². The molecule has 0 bridgehead atoms. The van der Waals surface area contributed by atoms with Gasteiger partial charge in [-0.25, -0.2) is 13.6 Å². The fraction of sp³-hybridized carbons (Fsp3) is 0.286. The lowest BCUT2D eigenvalue weighted by atomic mass is 10.0. The van der Waals surface area contributed by atoms with E-state index in [1.54, 1.807) is 18.2 Å². The van der Waals surface area contributed by atoms with Crippen molar-refractivity contribution in [2.24, 2.45) is 0 Å². The zero-order valence-electron chi connectivity index (χ0n) is 20.5. The number of benzene rings is 3. The van der Waals surface area contributed by atoms with Gasteiger partial charge < -0.3 is 20.3 Å². The third-order valence-corrected chi connectivity index (χ3v) is 6.04. The average Bonchev–Trinajstić information content (AvgIpc) is 2.94. The van der Waals surface area contributed by atoms with E-state index in [2.05, 4.69) is 24.5 Å². The SMILES string of the molecule is CC[C@@H]1Oc2ccc(NC(=O)Nc3ccc(C(C)C)cc3)cc2CN(Cc2cc(F)cc(F)c2)C1=O. The summed E-state index contributed by atoms with van der Waals surface area (Å²) in [5.74, 6) is -0.748. The predicted octanol–water partition coefficient (Wildman–Crippen LogP) is 6.43. The topological polar surface area (TPSA) is 70.7 Å². The van der Waals surface area contributed by atoms with Crippen LogP contribution in [0.1, 0.15) is 49.8 Å². The number of carbonyl (C=O) groups excluding carboxylic acids is 2. The van der Waals surface area contributed by atoms with Gasteiger partial charge in [0.1, 0.15) is 17.4 Å². The van der Waals surface area contributed by atoms with Crippen LogP contribution in [0.15, 0.2) is 60.7 Å². The van der Waals surface area contributed by atoms with E-state index in [1.165, 1.54) is 22.6 Å². The van der Waals surface area contributed by atoms with Gasteiger partial charge in [0, 0.05) is 36.1 Å². The maximum atomic E-state index is 13.7.